The van der Waals surface area contributed by atoms with Crippen molar-refractivity contribution in [3.8, 4) is 0 Å². The summed E-state index contributed by atoms with van der Waals surface area (Å²) in [6, 6.07) is 0. The van der Waals surface area contributed by atoms with Gasteiger partial charge in [0.1, 0.15) is 6.10 Å². The molecule has 0 amide bonds. The minimum absolute atomic E-state index is 0.216. The first-order valence-corrected chi connectivity index (χ1v) is 5.85. The normalized spacial score (nSPS) is 27.6. The lowest BCUT2D eigenvalue weighted by Gasteiger charge is -2.17. The van der Waals surface area contributed by atoms with Crippen molar-refractivity contribution in [2.45, 2.75) is 38.2 Å². The molecule has 1 aromatic heterocycles. The molecule has 1 aromatic rings. The molecule has 0 aromatic carbocycles. The van der Waals surface area contributed by atoms with Gasteiger partial charge in [0.05, 0.1) is 12.7 Å². The summed E-state index contributed by atoms with van der Waals surface area (Å²) in [6.45, 7) is 1.58. The van der Waals surface area contributed by atoms with E-state index in [2.05, 4.69) is 4.98 Å². The van der Waals surface area contributed by atoms with Gasteiger partial charge in [0.25, 0.3) is 5.56 Å². The van der Waals surface area contributed by atoms with Crippen LogP contribution in [0.2, 0.25) is 0 Å². The van der Waals surface area contributed by atoms with Crippen molar-refractivity contribution in [3.05, 3.63) is 32.6 Å². The molecule has 0 spiro atoms. The van der Waals surface area contributed by atoms with Gasteiger partial charge in [-0.1, -0.05) is 6.92 Å². The molecule has 0 saturated carbocycles. The fraction of sp³-hybridized carbons (Fsp3) is 0.636. The summed E-state index contributed by atoms with van der Waals surface area (Å²) in [4.78, 5) is 25.3. The summed E-state index contributed by atoms with van der Waals surface area (Å²) in [5, 5.41) is 18.8. The van der Waals surface area contributed by atoms with Crippen molar-refractivity contribution in [1.29, 1.82) is 0 Å². The number of nitrogens with one attached hydrogen (secondary N) is 1. The number of aryl methyl sites for hydroxylation is 1. The van der Waals surface area contributed by atoms with Gasteiger partial charge in [0.2, 0.25) is 0 Å². The van der Waals surface area contributed by atoms with Gasteiger partial charge >= 0.3 is 5.69 Å². The Labute approximate surface area is 103 Å². The second kappa shape index (κ2) is 5.05. The van der Waals surface area contributed by atoms with Gasteiger partial charge in [-0.05, 0) is 6.42 Å². The van der Waals surface area contributed by atoms with Crippen molar-refractivity contribution < 1.29 is 14.9 Å². The maximum atomic E-state index is 11.7. The minimum Gasteiger partial charge on any atom is -0.394 e. The molecular weight excluding hydrogens is 240 g/mol. The zero-order chi connectivity index (χ0) is 13.3. The van der Waals surface area contributed by atoms with Gasteiger partial charge in [-0.25, -0.2) is 4.79 Å². The number of aliphatic hydroxyl groups is 2. The third kappa shape index (κ3) is 2.24. The van der Waals surface area contributed by atoms with E-state index < -0.39 is 29.7 Å². The number of hydrogen-bond donors (Lipinski definition) is 3. The third-order valence-electron chi connectivity index (χ3n) is 3.07. The zero-order valence-corrected chi connectivity index (χ0v) is 10.00. The number of aliphatic hydroxyl groups excluding tert-OH is 2. The van der Waals surface area contributed by atoms with E-state index >= 15 is 0 Å². The highest BCUT2D eigenvalue weighted by molar-refractivity contribution is 5.05. The van der Waals surface area contributed by atoms with E-state index in [4.69, 9.17) is 9.84 Å². The SMILES string of the molecule is CCc1cn(C2OC(CO)CC2O)c(=O)[nH]c1=O. The topological polar surface area (TPSA) is 105 Å². The average Bonchev–Trinajstić information content (AvgIpc) is 2.71. The number of aromatic amines is 1. The van der Waals surface area contributed by atoms with Crippen molar-refractivity contribution >= 4 is 0 Å². The Bertz CT molecular complexity index is 535. The van der Waals surface area contributed by atoms with E-state index in [1.54, 1.807) is 6.92 Å². The average molecular weight is 256 g/mol. The number of nitrogens with zero attached hydrogens (tertiary/aromatic N) is 1. The Morgan fingerprint density at radius 2 is 2.28 bits per heavy atom. The first-order chi connectivity index (χ1) is 8.56. The maximum Gasteiger partial charge on any atom is 0.330 e. The summed E-state index contributed by atoms with van der Waals surface area (Å²) >= 11 is 0. The highest BCUT2D eigenvalue weighted by atomic mass is 16.5. The zero-order valence-electron chi connectivity index (χ0n) is 10.00. The van der Waals surface area contributed by atoms with Crippen LogP contribution in [0.15, 0.2) is 15.8 Å². The Hall–Kier alpha value is -1.44. The van der Waals surface area contributed by atoms with Crippen molar-refractivity contribution in [3.63, 3.8) is 0 Å². The lowest BCUT2D eigenvalue weighted by atomic mass is 10.2. The van der Waals surface area contributed by atoms with Crippen LogP contribution in [0.1, 0.15) is 25.1 Å². The molecule has 100 valence electrons. The van der Waals surface area contributed by atoms with E-state index in [1.165, 1.54) is 10.8 Å². The van der Waals surface area contributed by atoms with Crippen LogP contribution in [0.3, 0.4) is 0 Å². The molecule has 0 aliphatic carbocycles. The maximum absolute atomic E-state index is 11.7. The molecule has 0 radical (unpaired) electrons. The summed E-state index contributed by atoms with van der Waals surface area (Å²) in [6.07, 6.45) is -0.105. The Morgan fingerprint density at radius 3 is 2.83 bits per heavy atom. The standard InChI is InChI=1S/C11H16N2O5/c1-2-6-4-13(11(17)12-9(6)16)10-8(15)3-7(5-14)18-10/h4,7-8,10,14-15H,2-3,5H2,1H3,(H,12,16,17). The smallest absolute Gasteiger partial charge is 0.330 e. The highest BCUT2D eigenvalue weighted by Gasteiger charge is 2.35. The number of ether oxygens (including phenoxy) is 1. The van der Waals surface area contributed by atoms with E-state index in [-0.39, 0.29) is 13.0 Å². The van der Waals surface area contributed by atoms with Gasteiger partial charge < -0.3 is 14.9 Å². The van der Waals surface area contributed by atoms with Crippen LogP contribution in [0.5, 0.6) is 0 Å². The van der Waals surface area contributed by atoms with Crippen molar-refractivity contribution in [1.82, 2.24) is 9.55 Å². The van der Waals surface area contributed by atoms with Crippen LogP contribution in [0, 0.1) is 0 Å². The van der Waals surface area contributed by atoms with E-state index in [0.29, 0.717) is 12.0 Å². The van der Waals surface area contributed by atoms with Crippen LogP contribution < -0.4 is 11.2 Å². The van der Waals surface area contributed by atoms with Gasteiger partial charge in [-0.2, -0.15) is 0 Å². The summed E-state index contributed by atoms with van der Waals surface area (Å²) in [5.41, 5.74) is -0.609. The quantitative estimate of drug-likeness (QED) is 0.626. The van der Waals surface area contributed by atoms with Gasteiger partial charge in [-0.3, -0.25) is 14.3 Å². The monoisotopic (exact) mass is 256 g/mol. The van der Waals surface area contributed by atoms with E-state index in [9.17, 15) is 14.7 Å². The molecule has 18 heavy (non-hydrogen) atoms. The van der Waals surface area contributed by atoms with Crippen LogP contribution in [-0.4, -0.2) is 38.6 Å². The molecule has 2 heterocycles. The minimum atomic E-state index is -0.879. The van der Waals surface area contributed by atoms with Crippen molar-refractivity contribution in [2.75, 3.05) is 6.61 Å². The lowest BCUT2D eigenvalue weighted by molar-refractivity contribution is -0.0531. The molecule has 1 saturated heterocycles. The van der Waals surface area contributed by atoms with Gasteiger partial charge in [-0.15, -0.1) is 0 Å². The number of aromatic nitrogens is 2. The molecule has 1 aliphatic rings. The van der Waals surface area contributed by atoms with Crippen LogP contribution >= 0.6 is 0 Å². The predicted molar refractivity (Wildman–Crippen MR) is 62.3 cm³/mol. The summed E-state index contributed by atoms with van der Waals surface area (Å²) in [5.74, 6) is 0. The number of rotatable bonds is 3. The van der Waals surface area contributed by atoms with Crippen molar-refractivity contribution in [2.24, 2.45) is 0 Å². The molecule has 1 aliphatic heterocycles. The molecule has 0 bridgehead atoms. The molecule has 1 fully saturated rings. The molecular formula is C11H16N2O5. The largest absolute Gasteiger partial charge is 0.394 e. The lowest BCUT2D eigenvalue weighted by Crippen LogP contribution is -2.36. The first kappa shape index (κ1) is 13.0. The van der Waals surface area contributed by atoms with Crippen LogP contribution in [0.25, 0.3) is 0 Å². The fourth-order valence-corrected chi connectivity index (χ4v) is 2.07. The molecule has 2 rings (SSSR count). The first-order valence-electron chi connectivity index (χ1n) is 5.85. The fourth-order valence-electron chi connectivity index (χ4n) is 2.07. The van der Waals surface area contributed by atoms with Crippen LogP contribution in [0.4, 0.5) is 0 Å². The molecule has 3 N–H and O–H groups in total. The van der Waals surface area contributed by atoms with E-state index in [0.717, 1.165) is 0 Å². The van der Waals surface area contributed by atoms with E-state index in [1.807, 2.05) is 0 Å². The summed E-state index contributed by atoms with van der Waals surface area (Å²) < 4.78 is 6.54. The molecule has 7 heteroatoms. The van der Waals surface area contributed by atoms with Gasteiger partial charge in [0.15, 0.2) is 6.23 Å². The number of H-pyrrole nitrogens is 1. The second-order valence-corrected chi connectivity index (χ2v) is 4.31. The Balaban J connectivity index is 2.39. The molecule has 3 atom stereocenters. The molecule has 3 unspecified atom stereocenters. The molecule has 7 nitrogen and oxygen atoms in total. The third-order valence-corrected chi connectivity index (χ3v) is 3.07. The predicted octanol–water partition coefficient (Wildman–Crippen LogP) is -1.26. The Kier molecular flexibility index (Phi) is 3.65. The highest BCUT2D eigenvalue weighted by Crippen LogP contribution is 2.27. The second-order valence-electron chi connectivity index (χ2n) is 4.31. The number of hydrogen-bond acceptors (Lipinski definition) is 5. The summed E-state index contributed by atoms with van der Waals surface area (Å²) in [7, 11) is 0. The van der Waals surface area contributed by atoms with Gasteiger partial charge in [0, 0.05) is 18.2 Å². The van der Waals surface area contributed by atoms with Crippen LogP contribution in [-0.2, 0) is 11.2 Å². The Morgan fingerprint density at radius 1 is 1.56 bits per heavy atom.